The van der Waals surface area contributed by atoms with E-state index >= 15 is 0 Å². The summed E-state index contributed by atoms with van der Waals surface area (Å²) >= 11 is 0. The van der Waals surface area contributed by atoms with Gasteiger partial charge in [0.05, 0.1) is 22.2 Å². The van der Waals surface area contributed by atoms with Gasteiger partial charge in [-0.1, -0.05) is 24.3 Å². The number of nitrogens with one attached hydrogen (secondary N) is 1. The van der Waals surface area contributed by atoms with Gasteiger partial charge in [-0.15, -0.1) is 0 Å². The van der Waals surface area contributed by atoms with Crippen molar-refractivity contribution in [1.82, 2.24) is 4.90 Å². The summed E-state index contributed by atoms with van der Waals surface area (Å²) in [5.74, 6) is -2.62. The first-order chi connectivity index (χ1) is 13.2. The zero-order valence-electron chi connectivity index (χ0n) is 15.7. The molecule has 2 N–H and O–H groups in total. The summed E-state index contributed by atoms with van der Waals surface area (Å²) in [5.41, 5.74) is 0.0827. The number of carboxylic acid groups (broad SMARTS) is 1. The van der Waals surface area contributed by atoms with Crippen LogP contribution in [0, 0.1) is 18.2 Å². The van der Waals surface area contributed by atoms with Crippen molar-refractivity contribution < 1.29 is 23.9 Å². The molecule has 0 bridgehead atoms. The molecule has 0 spiro atoms. The Hall–Kier alpha value is -3.22. The fourth-order valence-corrected chi connectivity index (χ4v) is 3.32. The highest BCUT2D eigenvalue weighted by molar-refractivity contribution is 6.09. The minimum Gasteiger partial charge on any atom is -0.481 e. The molecule has 0 saturated carbocycles. The maximum atomic E-state index is 13.9. The van der Waals surface area contributed by atoms with E-state index in [4.69, 9.17) is 0 Å². The number of hydrogen-bond acceptors (Lipinski definition) is 3. The van der Waals surface area contributed by atoms with Crippen molar-refractivity contribution >= 4 is 23.5 Å². The van der Waals surface area contributed by atoms with Crippen molar-refractivity contribution in [3.8, 4) is 0 Å². The molecule has 1 saturated heterocycles. The van der Waals surface area contributed by atoms with E-state index in [1.165, 1.54) is 23.1 Å². The summed E-state index contributed by atoms with van der Waals surface area (Å²) in [6.45, 7) is 3.75. The maximum Gasteiger partial charge on any atom is 0.311 e. The van der Waals surface area contributed by atoms with Crippen LogP contribution in [0.25, 0.3) is 0 Å². The van der Waals surface area contributed by atoms with Crippen molar-refractivity contribution in [2.75, 3.05) is 18.4 Å². The summed E-state index contributed by atoms with van der Waals surface area (Å²) in [6.07, 6.45) is 0.358. The normalized spacial score (nSPS) is 18.8. The number of amides is 2. The lowest BCUT2D eigenvalue weighted by Gasteiger charge is -2.22. The third kappa shape index (κ3) is 3.60. The van der Waals surface area contributed by atoms with Gasteiger partial charge in [0, 0.05) is 13.1 Å². The van der Waals surface area contributed by atoms with Crippen LogP contribution in [0.4, 0.5) is 10.1 Å². The van der Waals surface area contributed by atoms with Crippen LogP contribution in [0.15, 0.2) is 42.5 Å². The Bertz CT molecular complexity index is 959. The van der Waals surface area contributed by atoms with E-state index in [-0.39, 0.29) is 23.6 Å². The molecule has 1 atom stereocenters. The highest BCUT2D eigenvalue weighted by Gasteiger charge is 2.42. The molecule has 0 aliphatic carbocycles. The van der Waals surface area contributed by atoms with Gasteiger partial charge < -0.3 is 15.3 Å². The Labute approximate surface area is 162 Å². The largest absolute Gasteiger partial charge is 0.481 e. The Kier molecular flexibility index (Phi) is 5.18. The molecule has 1 fully saturated rings. The molecule has 1 aliphatic rings. The summed E-state index contributed by atoms with van der Waals surface area (Å²) < 4.78 is 13.9. The average molecular weight is 384 g/mol. The monoisotopic (exact) mass is 384 g/mol. The van der Waals surface area contributed by atoms with Crippen LogP contribution in [0.1, 0.15) is 39.6 Å². The van der Waals surface area contributed by atoms with E-state index in [9.17, 15) is 23.9 Å². The second kappa shape index (κ2) is 7.42. The highest BCUT2D eigenvalue weighted by atomic mass is 19.1. The van der Waals surface area contributed by atoms with Crippen LogP contribution in [-0.2, 0) is 4.79 Å². The molecule has 2 amide bonds. The number of aryl methyl sites for hydroxylation is 1. The standard InChI is InChI=1S/C21H21FN2O4/c1-13-6-5-8-15(19(26)24-11-10-21(2,12-24)20(27)28)17(13)23-18(25)14-7-3-4-9-16(14)22/h3-9H,10-12H2,1-2H3,(H,23,25)(H,27,28). The average Bonchev–Trinajstić information content (AvgIpc) is 3.07. The van der Waals surface area contributed by atoms with Crippen LogP contribution >= 0.6 is 0 Å². The SMILES string of the molecule is Cc1cccc(C(=O)N2CCC(C)(C(=O)O)C2)c1NC(=O)c1ccccc1F. The van der Waals surface area contributed by atoms with Crippen molar-refractivity contribution in [2.24, 2.45) is 5.41 Å². The molecule has 146 valence electrons. The molecule has 1 heterocycles. The molecule has 0 radical (unpaired) electrons. The van der Waals surface area contributed by atoms with Crippen molar-refractivity contribution in [3.05, 3.63) is 65.0 Å². The molecule has 3 rings (SSSR count). The number of aliphatic carboxylic acids is 1. The fourth-order valence-electron chi connectivity index (χ4n) is 3.32. The number of likely N-dealkylation sites (tertiary alicyclic amines) is 1. The van der Waals surface area contributed by atoms with Crippen molar-refractivity contribution in [3.63, 3.8) is 0 Å². The molecule has 7 heteroatoms. The fraction of sp³-hybridized carbons (Fsp3) is 0.286. The topological polar surface area (TPSA) is 86.7 Å². The summed E-state index contributed by atoms with van der Waals surface area (Å²) in [6, 6.07) is 10.6. The first-order valence-corrected chi connectivity index (χ1v) is 8.91. The lowest BCUT2D eigenvalue weighted by molar-refractivity contribution is -0.147. The smallest absolute Gasteiger partial charge is 0.311 e. The number of anilines is 1. The minimum atomic E-state index is -0.990. The van der Waals surface area contributed by atoms with Crippen LogP contribution in [0.3, 0.4) is 0 Å². The predicted octanol–water partition coefficient (Wildman–Crippen LogP) is 3.32. The lowest BCUT2D eigenvalue weighted by atomic mass is 9.90. The summed E-state index contributed by atoms with van der Waals surface area (Å²) in [5, 5.41) is 12.0. The summed E-state index contributed by atoms with van der Waals surface area (Å²) in [4.78, 5) is 38.5. The molecule has 0 aromatic heterocycles. The number of hydrogen-bond donors (Lipinski definition) is 2. The van der Waals surface area contributed by atoms with Gasteiger partial charge in [0.1, 0.15) is 5.82 Å². The molecular formula is C21H21FN2O4. The zero-order valence-corrected chi connectivity index (χ0v) is 15.7. The van der Waals surface area contributed by atoms with Crippen LogP contribution in [-0.4, -0.2) is 40.9 Å². The molecule has 2 aromatic carbocycles. The van der Waals surface area contributed by atoms with E-state index < -0.39 is 23.1 Å². The number of benzene rings is 2. The van der Waals surface area contributed by atoms with Gasteiger partial charge in [0.25, 0.3) is 11.8 Å². The van der Waals surface area contributed by atoms with Gasteiger partial charge in [0.15, 0.2) is 0 Å². The Morgan fingerprint density at radius 3 is 2.43 bits per heavy atom. The summed E-state index contributed by atoms with van der Waals surface area (Å²) in [7, 11) is 0. The maximum absolute atomic E-state index is 13.9. The first-order valence-electron chi connectivity index (χ1n) is 8.91. The number of para-hydroxylation sites is 1. The van der Waals surface area contributed by atoms with Gasteiger partial charge >= 0.3 is 5.97 Å². The highest BCUT2D eigenvalue weighted by Crippen LogP contribution is 2.32. The molecule has 1 unspecified atom stereocenters. The molecule has 1 aliphatic heterocycles. The van der Waals surface area contributed by atoms with Gasteiger partial charge in [-0.25, -0.2) is 4.39 Å². The minimum absolute atomic E-state index is 0.0931. The Morgan fingerprint density at radius 2 is 1.79 bits per heavy atom. The van der Waals surface area contributed by atoms with Gasteiger partial charge in [-0.2, -0.15) is 0 Å². The number of nitrogens with zero attached hydrogens (tertiary/aromatic N) is 1. The number of carbonyl (C=O) groups excluding carboxylic acids is 2. The van der Waals surface area contributed by atoms with E-state index in [0.717, 1.165) is 0 Å². The molecule has 28 heavy (non-hydrogen) atoms. The van der Waals surface area contributed by atoms with Gasteiger partial charge in [-0.3, -0.25) is 14.4 Å². The molecular weight excluding hydrogens is 363 g/mol. The quantitative estimate of drug-likeness (QED) is 0.847. The molecule has 6 nitrogen and oxygen atoms in total. The van der Waals surface area contributed by atoms with Crippen LogP contribution in [0.5, 0.6) is 0 Å². The van der Waals surface area contributed by atoms with Crippen LogP contribution < -0.4 is 5.32 Å². The van der Waals surface area contributed by atoms with Gasteiger partial charge in [0.2, 0.25) is 0 Å². The van der Waals surface area contributed by atoms with E-state index in [1.54, 1.807) is 38.1 Å². The van der Waals surface area contributed by atoms with E-state index in [2.05, 4.69) is 5.32 Å². The van der Waals surface area contributed by atoms with Gasteiger partial charge in [-0.05, 0) is 44.0 Å². The molecule has 2 aromatic rings. The third-order valence-electron chi connectivity index (χ3n) is 5.14. The second-order valence-corrected chi connectivity index (χ2v) is 7.27. The number of halogens is 1. The second-order valence-electron chi connectivity index (χ2n) is 7.27. The number of rotatable bonds is 4. The van der Waals surface area contributed by atoms with E-state index in [1.807, 2.05) is 0 Å². The first kappa shape index (κ1) is 19.5. The van der Waals surface area contributed by atoms with Crippen molar-refractivity contribution in [2.45, 2.75) is 20.3 Å². The number of carboxylic acids is 1. The third-order valence-corrected chi connectivity index (χ3v) is 5.14. The lowest BCUT2D eigenvalue weighted by Crippen LogP contribution is -2.35. The Morgan fingerprint density at radius 1 is 1.11 bits per heavy atom. The number of carbonyl (C=O) groups is 3. The Balaban J connectivity index is 1.89. The predicted molar refractivity (Wildman–Crippen MR) is 102 cm³/mol. The van der Waals surface area contributed by atoms with Crippen LogP contribution in [0.2, 0.25) is 0 Å². The van der Waals surface area contributed by atoms with E-state index in [0.29, 0.717) is 24.2 Å². The zero-order chi connectivity index (χ0) is 20.5. The van der Waals surface area contributed by atoms with Crippen molar-refractivity contribution in [1.29, 1.82) is 0 Å².